The third kappa shape index (κ3) is 5.12. The van der Waals surface area contributed by atoms with E-state index in [1.165, 1.54) is 5.56 Å². The smallest absolute Gasteiger partial charge is 0.227 e. The van der Waals surface area contributed by atoms with Gasteiger partial charge >= 0.3 is 0 Å². The lowest BCUT2D eigenvalue weighted by atomic mass is 9.81. The van der Waals surface area contributed by atoms with Crippen molar-refractivity contribution in [3.8, 4) is 5.75 Å². The molecule has 2 amide bonds. The normalized spacial score (nSPS) is 18.9. The van der Waals surface area contributed by atoms with E-state index in [0.717, 1.165) is 42.7 Å². The van der Waals surface area contributed by atoms with Gasteiger partial charge in [-0.25, -0.2) is 0 Å². The van der Waals surface area contributed by atoms with Crippen molar-refractivity contribution in [2.75, 3.05) is 12.4 Å². The fourth-order valence-corrected chi connectivity index (χ4v) is 3.67. The van der Waals surface area contributed by atoms with Crippen molar-refractivity contribution in [1.29, 1.82) is 0 Å². The second-order valence-corrected chi connectivity index (χ2v) is 7.41. The molecule has 5 heteroatoms. The van der Waals surface area contributed by atoms with Crippen molar-refractivity contribution < 1.29 is 14.3 Å². The third-order valence-electron chi connectivity index (χ3n) is 5.54. The van der Waals surface area contributed by atoms with Crippen LogP contribution in [0.1, 0.15) is 36.8 Å². The van der Waals surface area contributed by atoms with Crippen LogP contribution in [0.2, 0.25) is 0 Å². The lowest BCUT2D eigenvalue weighted by Crippen LogP contribution is -2.35. The van der Waals surface area contributed by atoms with Gasteiger partial charge in [0, 0.05) is 24.1 Å². The molecule has 3 rings (SSSR count). The zero-order valence-electron chi connectivity index (χ0n) is 16.5. The molecule has 2 N–H and O–H groups in total. The summed E-state index contributed by atoms with van der Waals surface area (Å²) in [4.78, 5) is 25.0. The summed E-state index contributed by atoms with van der Waals surface area (Å²) in [6.45, 7) is 2.61. The lowest BCUT2D eigenvalue weighted by molar-refractivity contribution is -0.128. The molecule has 0 unspecified atom stereocenters. The molecule has 0 aliphatic heterocycles. The van der Waals surface area contributed by atoms with Crippen molar-refractivity contribution in [3.05, 3.63) is 59.7 Å². The summed E-state index contributed by atoms with van der Waals surface area (Å²) in [5.74, 6) is 0.841. The van der Waals surface area contributed by atoms with Crippen LogP contribution in [0.4, 0.5) is 5.69 Å². The molecule has 1 aliphatic carbocycles. The molecule has 0 atom stereocenters. The Labute approximate surface area is 166 Å². The van der Waals surface area contributed by atoms with Gasteiger partial charge in [-0.2, -0.15) is 0 Å². The Kier molecular flexibility index (Phi) is 6.69. The largest absolute Gasteiger partial charge is 0.497 e. The van der Waals surface area contributed by atoms with Gasteiger partial charge in [0.2, 0.25) is 11.8 Å². The standard InChI is InChI=1S/C23H28N2O3/c1-16-5-3-4-6-19(16)15-24-22(26)17-7-9-18(10-8-17)23(27)25-20-11-13-21(28-2)14-12-20/h3-6,11-14,17-18H,7-10,15H2,1-2H3,(H,24,26)(H,25,27). The van der Waals surface area contributed by atoms with Gasteiger partial charge in [-0.3, -0.25) is 9.59 Å². The molecule has 5 nitrogen and oxygen atoms in total. The number of carbonyl (C=O) groups excluding carboxylic acids is 2. The van der Waals surface area contributed by atoms with Crippen molar-refractivity contribution >= 4 is 17.5 Å². The van der Waals surface area contributed by atoms with Gasteiger partial charge in [-0.15, -0.1) is 0 Å². The highest BCUT2D eigenvalue weighted by atomic mass is 16.5. The minimum atomic E-state index is -0.0393. The van der Waals surface area contributed by atoms with Crippen molar-refractivity contribution in [2.45, 2.75) is 39.2 Å². The van der Waals surface area contributed by atoms with Gasteiger partial charge in [0.15, 0.2) is 0 Å². The number of ether oxygens (including phenoxy) is 1. The van der Waals surface area contributed by atoms with E-state index < -0.39 is 0 Å². The Morgan fingerprint density at radius 3 is 2.14 bits per heavy atom. The Morgan fingerprint density at radius 1 is 0.929 bits per heavy atom. The predicted octanol–water partition coefficient (Wildman–Crippen LogP) is 4.06. The number of hydrogen-bond donors (Lipinski definition) is 2. The first-order valence-corrected chi connectivity index (χ1v) is 9.84. The lowest BCUT2D eigenvalue weighted by Gasteiger charge is -2.27. The molecule has 1 aliphatic rings. The molecule has 2 aromatic rings. The van der Waals surface area contributed by atoms with E-state index in [0.29, 0.717) is 6.54 Å². The number of carbonyl (C=O) groups is 2. The highest BCUT2D eigenvalue weighted by molar-refractivity contribution is 5.92. The maximum absolute atomic E-state index is 12.5. The minimum Gasteiger partial charge on any atom is -0.497 e. The summed E-state index contributed by atoms with van der Waals surface area (Å²) in [7, 11) is 1.61. The van der Waals surface area contributed by atoms with Crippen molar-refractivity contribution in [1.82, 2.24) is 5.32 Å². The number of benzene rings is 2. The minimum absolute atomic E-state index is 0.00550. The van der Waals surface area contributed by atoms with Crippen LogP contribution in [-0.4, -0.2) is 18.9 Å². The molecule has 0 radical (unpaired) electrons. The second-order valence-electron chi connectivity index (χ2n) is 7.41. The number of amides is 2. The first kappa shape index (κ1) is 19.9. The van der Waals surface area contributed by atoms with E-state index in [4.69, 9.17) is 4.74 Å². The average Bonchev–Trinajstić information content (AvgIpc) is 2.73. The average molecular weight is 380 g/mol. The number of anilines is 1. The molecule has 148 valence electrons. The topological polar surface area (TPSA) is 67.4 Å². The van der Waals surface area contributed by atoms with E-state index in [1.807, 2.05) is 55.5 Å². The van der Waals surface area contributed by atoms with Gasteiger partial charge in [0.25, 0.3) is 0 Å². The van der Waals surface area contributed by atoms with Crippen LogP contribution < -0.4 is 15.4 Å². The maximum atomic E-state index is 12.5. The molecule has 0 spiro atoms. The van der Waals surface area contributed by atoms with Crippen LogP contribution in [0.5, 0.6) is 5.75 Å². The van der Waals surface area contributed by atoms with Crippen LogP contribution in [0.25, 0.3) is 0 Å². The second kappa shape index (κ2) is 9.40. The summed E-state index contributed by atoms with van der Waals surface area (Å²) < 4.78 is 5.13. The molecule has 0 bridgehead atoms. The monoisotopic (exact) mass is 380 g/mol. The Hall–Kier alpha value is -2.82. The van der Waals surface area contributed by atoms with Gasteiger partial charge < -0.3 is 15.4 Å². The number of aryl methyl sites for hydroxylation is 1. The number of methoxy groups -OCH3 is 1. The zero-order chi connectivity index (χ0) is 19.9. The van der Waals surface area contributed by atoms with E-state index >= 15 is 0 Å². The number of nitrogens with one attached hydrogen (secondary N) is 2. The summed E-state index contributed by atoms with van der Waals surface area (Å²) in [5, 5.41) is 6.02. The van der Waals surface area contributed by atoms with Crippen LogP contribution in [-0.2, 0) is 16.1 Å². The molecular formula is C23H28N2O3. The molecule has 0 aromatic heterocycles. The van der Waals surface area contributed by atoms with Gasteiger partial charge in [-0.1, -0.05) is 24.3 Å². The zero-order valence-corrected chi connectivity index (χ0v) is 16.5. The van der Waals surface area contributed by atoms with E-state index in [2.05, 4.69) is 10.6 Å². The van der Waals surface area contributed by atoms with E-state index in [-0.39, 0.29) is 23.7 Å². The molecule has 2 aromatic carbocycles. The summed E-state index contributed by atoms with van der Waals surface area (Å²) in [5.41, 5.74) is 3.09. The summed E-state index contributed by atoms with van der Waals surface area (Å²) in [6, 6.07) is 15.4. The first-order valence-electron chi connectivity index (χ1n) is 9.84. The first-order chi connectivity index (χ1) is 13.6. The Balaban J connectivity index is 1.44. The summed E-state index contributed by atoms with van der Waals surface area (Å²) in [6.07, 6.45) is 2.98. The Bertz CT molecular complexity index is 809. The number of rotatable bonds is 6. The van der Waals surface area contributed by atoms with Gasteiger partial charge in [0.1, 0.15) is 5.75 Å². The quantitative estimate of drug-likeness (QED) is 0.794. The highest BCUT2D eigenvalue weighted by Gasteiger charge is 2.29. The Morgan fingerprint density at radius 2 is 1.54 bits per heavy atom. The fourth-order valence-electron chi connectivity index (χ4n) is 3.67. The predicted molar refractivity (Wildman–Crippen MR) is 110 cm³/mol. The number of hydrogen-bond acceptors (Lipinski definition) is 3. The molecule has 0 saturated heterocycles. The molecule has 1 fully saturated rings. The third-order valence-corrected chi connectivity index (χ3v) is 5.54. The van der Waals surface area contributed by atoms with Crippen LogP contribution in [0.15, 0.2) is 48.5 Å². The van der Waals surface area contributed by atoms with Crippen LogP contribution in [0.3, 0.4) is 0 Å². The molecule has 0 heterocycles. The van der Waals surface area contributed by atoms with Gasteiger partial charge in [-0.05, 0) is 68.0 Å². The van der Waals surface area contributed by atoms with Crippen LogP contribution in [0, 0.1) is 18.8 Å². The van der Waals surface area contributed by atoms with Crippen molar-refractivity contribution in [3.63, 3.8) is 0 Å². The summed E-state index contributed by atoms with van der Waals surface area (Å²) >= 11 is 0. The molecular weight excluding hydrogens is 352 g/mol. The maximum Gasteiger partial charge on any atom is 0.227 e. The molecule has 28 heavy (non-hydrogen) atoms. The highest BCUT2D eigenvalue weighted by Crippen LogP contribution is 2.30. The molecule has 1 saturated carbocycles. The van der Waals surface area contributed by atoms with Crippen molar-refractivity contribution in [2.24, 2.45) is 11.8 Å². The van der Waals surface area contributed by atoms with Crippen LogP contribution >= 0.6 is 0 Å². The van der Waals surface area contributed by atoms with Gasteiger partial charge in [0.05, 0.1) is 7.11 Å². The fraction of sp³-hybridized carbons (Fsp3) is 0.391. The van der Waals surface area contributed by atoms with E-state index in [1.54, 1.807) is 7.11 Å². The SMILES string of the molecule is COc1ccc(NC(=O)C2CCC(C(=O)NCc3ccccc3C)CC2)cc1. The van der Waals surface area contributed by atoms with E-state index in [9.17, 15) is 9.59 Å².